The molecule has 9 nitrogen and oxygen atoms in total. The summed E-state index contributed by atoms with van der Waals surface area (Å²) in [7, 11) is 0. The number of nitrogens with zero attached hydrogens (tertiary/aromatic N) is 3. The third-order valence-electron chi connectivity index (χ3n) is 4.84. The molecule has 1 heterocycles. The minimum atomic E-state index is -0.852. The molecule has 1 amide bonds. The molecule has 1 N–H and O–H groups in total. The van der Waals surface area contributed by atoms with Gasteiger partial charge in [-0.1, -0.05) is 18.2 Å². The second kappa shape index (κ2) is 8.87. The van der Waals surface area contributed by atoms with Crippen molar-refractivity contribution >= 4 is 34.3 Å². The van der Waals surface area contributed by atoms with Crippen molar-refractivity contribution < 1.29 is 23.6 Å². The molecule has 0 aliphatic rings. The summed E-state index contributed by atoms with van der Waals surface area (Å²) < 4.78 is 20.8. The van der Waals surface area contributed by atoms with Crippen LogP contribution in [0, 0.1) is 22.9 Å². The Morgan fingerprint density at radius 3 is 2.61 bits per heavy atom. The molecule has 0 saturated carbocycles. The largest absolute Gasteiger partial charge is 0.452 e. The molecule has 0 saturated heterocycles. The van der Waals surface area contributed by atoms with Crippen LogP contribution in [0.15, 0.2) is 66.7 Å². The number of fused-ring (bicyclic) bond motifs is 1. The van der Waals surface area contributed by atoms with Gasteiger partial charge in [-0.3, -0.25) is 19.5 Å². The molecule has 4 aromatic rings. The average Bonchev–Trinajstić information content (AvgIpc) is 3.14. The zero-order chi connectivity index (χ0) is 23.5. The van der Waals surface area contributed by atoms with Crippen molar-refractivity contribution in [1.82, 2.24) is 9.55 Å². The van der Waals surface area contributed by atoms with Crippen molar-refractivity contribution in [2.45, 2.75) is 6.92 Å². The van der Waals surface area contributed by atoms with Crippen LogP contribution < -0.4 is 5.32 Å². The van der Waals surface area contributed by atoms with Crippen LogP contribution in [0.1, 0.15) is 16.2 Å². The Labute approximate surface area is 186 Å². The van der Waals surface area contributed by atoms with Crippen LogP contribution in [0.5, 0.6) is 0 Å². The number of aryl methyl sites for hydroxylation is 1. The van der Waals surface area contributed by atoms with E-state index in [1.54, 1.807) is 18.2 Å². The first-order chi connectivity index (χ1) is 15.8. The number of hydrogen-bond donors (Lipinski definition) is 1. The van der Waals surface area contributed by atoms with Crippen molar-refractivity contribution in [3.05, 3.63) is 94.0 Å². The molecule has 33 heavy (non-hydrogen) atoms. The Balaban J connectivity index is 1.46. The van der Waals surface area contributed by atoms with E-state index in [1.165, 1.54) is 0 Å². The smallest absolute Gasteiger partial charge is 0.338 e. The number of non-ortho nitro benzene ring substituents is 1. The second-order valence-electron chi connectivity index (χ2n) is 7.08. The molecular weight excluding hydrogens is 431 g/mol. The summed E-state index contributed by atoms with van der Waals surface area (Å²) in [4.78, 5) is 39.1. The number of esters is 1. The maximum absolute atomic E-state index is 13.8. The van der Waals surface area contributed by atoms with Crippen LogP contribution in [0.2, 0.25) is 0 Å². The lowest BCUT2D eigenvalue weighted by molar-refractivity contribution is -0.384. The number of carbonyl (C=O) groups is 2. The molecule has 0 fully saturated rings. The van der Waals surface area contributed by atoms with E-state index in [2.05, 4.69) is 10.3 Å². The monoisotopic (exact) mass is 448 g/mol. The van der Waals surface area contributed by atoms with Gasteiger partial charge in [-0.15, -0.1) is 0 Å². The van der Waals surface area contributed by atoms with Crippen molar-refractivity contribution in [1.29, 1.82) is 0 Å². The quantitative estimate of drug-likeness (QED) is 0.269. The number of hydrogen-bond acceptors (Lipinski definition) is 6. The summed E-state index contributed by atoms with van der Waals surface area (Å²) in [5.41, 5.74) is 1.73. The van der Waals surface area contributed by atoms with Crippen LogP contribution >= 0.6 is 0 Å². The van der Waals surface area contributed by atoms with Gasteiger partial charge >= 0.3 is 5.97 Å². The van der Waals surface area contributed by atoms with Gasteiger partial charge in [-0.05, 0) is 43.3 Å². The number of imidazole rings is 1. The van der Waals surface area contributed by atoms with Crippen LogP contribution in [-0.2, 0) is 9.53 Å². The van der Waals surface area contributed by atoms with Crippen molar-refractivity contribution in [2.75, 3.05) is 11.9 Å². The normalized spacial score (nSPS) is 10.7. The fraction of sp³-hybridized carbons (Fsp3) is 0.0870. The number of nitro groups is 1. The molecular formula is C23H17FN4O5. The molecule has 0 radical (unpaired) electrons. The Hall–Kier alpha value is -4.60. The van der Waals surface area contributed by atoms with E-state index in [9.17, 15) is 24.1 Å². The number of ether oxygens (including phenoxy) is 1. The van der Waals surface area contributed by atoms with Gasteiger partial charge in [0.15, 0.2) is 6.61 Å². The highest BCUT2D eigenvalue weighted by molar-refractivity contribution is 5.97. The molecule has 0 bridgehead atoms. The third-order valence-corrected chi connectivity index (χ3v) is 4.84. The average molecular weight is 448 g/mol. The number of benzene rings is 3. The summed E-state index contributed by atoms with van der Waals surface area (Å²) in [5.74, 6) is -1.72. The van der Waals surface area contributed by atoms with Gasteiger partial charge in [0, 0.05) is 17.8 Å². The zero-order valence-corrected chi connectivity index (χ0v) is 17.3. The highest BCUT2D eigenvalue weighted by Gasteiger charge is 2.17. The summed E-state index contributed by atoms with van der Waals surface area (Å²) in [6, 6.07) is 17.2. The molecule has 3 aromatic carbocycles. The molecule has 0 spiro atoms. The summed E-state index contributed by atoms with van der Waals surface area (Å²) in [6.45, 7) is 1.15. The van der Waals surface area contributed by atoms with Gasteiger partial charge in [-0.25, -0.2) is 14.2 Å². The number of halogens is 1. The maximum Gasteiger partial charge on any atom is 0.338 e. The van der Waals surface area contributed by atoms with Gasteiger partial charge < -0.3 is 10.1 Å². The van der Waals surface area contributed by atoms with Crippen LogP contribution in [0.25, 0.3) is 16.7 Å². The fourth-order valence-electron chi connectivity index (χ4n) is 3.35. The van der Waals surface area contributed by atoms with Gasteiger partial charge in [0.25, 0.3) is 11.6 Å². The fourth-order valence-corrected chi connectivity index (χ4v) is 3.35. The summed E-state index contributed by atoms with van der Waals surface area (Å²) in [6.07, 6.45) is 0. The van der Waals surface area contributed by atoms with Gasteiger partial charge in [0.05, 0.1) is 27.2 Å². The standard InChI is InChI=1S/C23H17FN4O5/c1-14-25-20-11-15(7-10-21(20)27(14)16-5-3-2-4-6-16)23(30)33-13-22(29)26-19-12-17(28(31)32)8-9-18(19)24/h2-12H,13H2,1H3,(H,26,29). The van der Waals surface area contributed by atoms with Gasteiger partial charge in [-0.2, -0.15) is 0 Å². The lowest BCUT2D eigenvalue weighted by Crippen LogP contribution is -2.21. The Morgan fingerprint density at radius 1 is 1.12 bits per heavy atom. The van der Waals surface area contributed by atoms with Crippen LogP contribution in [0.3, 0.4) is 0 Å². The number of anilines is 1. The first-order valence-electron chi connectivity index (χ1n) is 9.79. The van der Waals surface area contributed by atoms with E-state index in [-0.39, 0.29) is 16.9 Å². The van der Waals surface area contributed by atoms with E-state index < -0.39 is 29.2 Å². The van der Waals surface area contributed by atoms with Crippen molar-refractivity contribution in [2.24, 2.45) is 0 Å². The van der Waals surface area contributed by atoms with E-state index in [1.807, 2.05) is 41.8 Å². The Kier molecular flexibility index (Phi) is 5.81. The first-order valence-corrected chi connectivity index (χ1v) is 9.79. The summed E-state index contributed by atoms with van der Waals surface area (Å²) in [5, 5.41) is 13.0. The second-order valence-corrected chi connectivity index (χ2v) is 7.08. The highest BCUT2D eigenvalue weighted by atomic mass is 19.1. The first kappa shape index (κ1) is 21.6. The molecule has 0 aliphatic carbocycles. The summed E-state index contributed by atoms with van der Waals surface area (Å²) >= 11 is 0. The predicted octanol–water partition coefficient (Wildman–Crippen LogP) is 4.18. The van der Waals surface area contributed by atoms with Crippen LogP contribution in [0.4, 0.5) is 15.8 Å². The number of rotatable bonds is 6. The Bertz CT molecular complexity index is 1380. The molecule has 0 atom stereocenters. The molecule has 10 heteroatoms. The number of para-hydroxylation sites is 1. The van der Waals surface area contributed by atoms with E-state index in [0.717, 1.165) is 35.2 Å². The number of nitro benzene ring substituents is 1. The van der Waals surface area contributed by atoms with E-state index >= 15 is 0 Å². The molecule has 4 rings (SSSR count). The highest BCUT2D eigenvalue weighted by Crippen LogP contribution is 2.23. The van der Waals surface area contributed by atoms with Gasteiger partial charge in [0.1, 0.15) is 11.6 Å². The SMILES string of the molecule is Cc1nc2cc(C(=O)OCC(=O)Nc3cc([N+](=O)[O-])ccc3F)ccc2n1-c1ccccc1. The van der Waals surface area contributed by atoms with E-state index in [4.69, 9.17) is 4.74 Å². The number of carbonyl (C=O) groups excluding carboxylic acids is 2. The Morgan fingerprint density at radius 2 is 1.88 bits per heavy atom. The van der Waals surface area contributed by atoms with Gasteiger partial charge in [0.2, 0.25) is 0 Å². The van der Waals surface area contributed by atoms with Crippen LogP contribution in [-0.4, -0.2) is 33.0 Å². The molecule has 166 valence electrons. The third kappa shape index (κ3) is 4.54. The maximum atomic E-state index is 13.8. The lowest BCUT2D eigenvalue weighted by atomic mass is 10.2. The number of aromatic nitrogens is 2. The number of nitrogens with one attached hydrogen (secondary N) is 1. The minimum Gasteiger partial charge on any atom is -0.452 e. The number of amides is 1. The predicted molar refractivity (Wildman–Crippen MR) is 118 cm³/mol. The zero-order valence-electron chi connectivity index (χ0n) is 17.3. The van der Waals surface area contributed by atoms with Crippen molar-refractivity contribution in [3.63, 3.8) is 0 Å². The van der Waals surface area contributed by atoms with Crippen molar-refractivity contribution in [3.8, 4) is 5.69 Å². The minimum absolute atomic E-state index is 0.189. The molecule has 0 unspecified atom stereocenters. The van der Waals surface area contributed by atoms with E-state index in [0.29, 0.717) is 5.52 Å². The molecule has 0 aliphatic heterocycles. The topological polar surface area (TPSA) is 116 Å². The lowest BCUT2D eigenvalue weighted by Gasteiger charge is -2.08. The molecule has 1 aromatic heterocycles.